The van der Waals surface area contributed by atoms with Crippen molar-refractivity contribution in [3.8, 4) is 0 Å². The number of hydrogen-bond acceptors (Lipinski definition) is 0. The summed E-state index contributed by atoms with van der Waals surface area (Å²) in [5, 5.41) is 2.58. The molecule has 5 aromatic rings. The summed E-state index contributed by atoms with van der Waals surface area (Å²) in [4.78, 5) is 0. The van der Waals surface area contributed by atoms with E-state index in [0.29, 0.717) is 0 Å². The maximum Gasteiger partial charge on any atom is 0.169 e. The lowest BCUT2D eigenvalue weighted by Gasteiger charge is -2.00. The minimum Gasteiger partial charge on any atom is -1.00 e. The lowest BCUT2D eigenvalue weighted by atomic mass is 10.1. The van der Waals surface area contributed by atoms with Crippen LogP contribution in [0.5, 0.6) is 0 Å². The minimum absolute atomic E-state index is 0. The van der Waals surface area contributed by atoms with Gasteiger partial charge in [-0.05, 0) is 34.4 Å². The molecule has 0 spiro atoms. The number of rotatable bonds is 4. The Morgan fingerprint density at radius 3 is 1.26 bits per heavy atom. The number of nitrogens with zero attached hydrogens (tertiary/aromatic N) is 3. The van der Waals surface area contributed by atoms with Gasteiger partial charge in [-0.15, -0.1) is 0 Å². The summed E-state index contributed by atoms with van der Waals surface area (Å²) >= 11 is 0. The van der Waals surface area contributed by atoms with Gasteiger partial charge in [-0.2, -0.15) is 0 Å². The molecule has 0 saturated heterocycles. The van der Waals surface area contributed by atoms with Crippen LogP contribution in [-0.4, -0.2) is 4.57 Å². The van der Waals surface area contributed by atoms with Crippen molar-refractivity contribution in [1.29, 1.82) is 0 Å². The van der Waals surface area contributed by atoms with Gasteiger partial charge in [0, 0.05) is 53.1 Å². The van der Waals surface area contributed by atoms with Gasteiger partial charge in [0.1, 0.15) is 14.1 Å². The molecular formula is C29H27I2N3. The van der Waals surface area contributed by atoms with E-state index in [2.05, 4.69) is 121 Å². The highest BCUT2D eigenvalue weighted by Crippen LogP contribution is 2.30. The highest BCUT2D eigenvalue weighted by Gasteiger charge is 2.08. The van der Waals surface area contributed by atoms with Crippen molar-refractivity contribution >= 4 is 46.1 Å². The molecule has 0 aliphatic heterocycles. The van der Waals surface area contributed by atoms with Gasteiger partial charge in [0.05, 0.1) is 0 Å². The first-order valence-electron chi connectivity index (χ1n) is 10.9. The number of pyridine rings is 2. The monoisotopic (exact) mass is 671 g/mol. The van der Waals surface area contributed by atoms with Gasteiger partial charge < -0.3 is 52.5 Å². The second-order valence-electron chi connectivity index (χ2n) is 8.37. The number of aromatic nitrogens is 3. The smallest absolute Gasteiger partial charge is 0.169 e. The molecule has 5 rings (SSSR count). The van der Waals surface area contributed by atoms with E-state index in [-0.39, 0.29) is 48.0 Å². The maximum absolute atomic E-state index is 2.30. The third-order valence-electron chi connectivity index (χ3n) is 6.00. The van der Waals surface area contributed by atoms with Crippen LogP contribution in [0.1, 0.15) is 22.3 Å². The summed E-state index contributed by atoms with van der Waals surface area (Å²) < 4.78 is 6.38. The Hall–Kier alpha value is -2.52. The molecular weight excluding hydrogens is 644 g/mol. The minimum atomic E-state index is 0. The van der Waals surface area contributed by atoms with Crippen LogP contribution in [0.15, 0.2) is 85.5 Å². The first kappa shape index (κ1) is 26.1. The molecule has 0 N–H and O–H groups in total. The molecule has 0 radical (unpaired) electrons. The van der Waals surface area contributed by atoms with Crippen molar-refractivity contribution in [2.24, 2.45) is 21.1 Å². The Bertz CT molecular complexity index is 1370. The maximum atomic E-state index is 2.30. The zero-order chi connectivity index (χ0) is 22.1. The first-order chi connectivity index (χ1) is 15.6. The van der Waals surface area contributed by atoms with E-state index in [1.54, 1.807) is 0 Å². The van der Waals surface area contributed by atoms with E-state index >= 15 is 0 Å². The lowest BCUT2D eigenvalue weighted by Crippen LogP contribution is -3.00. The van der Waals surface area contributed by atoms with Crippen molar-refractivity contribution in [2.45, 2.75) is 0 Å². The highest BCUT2D eigenvalue weighted by atomic mass is 127. The van der Waals surface area contributed by atoms with Gasteiger partial charge in [-0.25, -0.2) is 9.13 Å². The molecule has 3 heterocycles. The fourth-order valence-electron chi connectivity index (χ4n) is 4.08. The molecule has 0 saturated carbocycles. The van der Waals surface area contributed by atoms with Gasteiger partial charge in [0.2, 0.25) is 0 Å². The van der Waals surface area contributed by atoms with E-state index < -0.39 is 0 Å². The Balaban J connectivity index is 0.00000162. The summed E-state index contributed by atoms with van der Waals surface area (Å²) in [6.45, 7) is 0. The van der Waals surface area contributed by atoms with Crippen molar-refractivity contribution in [3.05, 3.63) is 108 Å². The van der Waals surface area contributed by atoms with Gasteiger partial charge in [0.15, 0.2) is 24.8 Å². The third-order valence-corrected chi connectivity index (χ3v) is 6.00. The average molecular weight is 671 g/mol. The van der Waals surface area contributed by atoms with Crippen LogP contribution in [0, 0.1) is 0 Å². The van der Waals surface area contributed by atoms with Crippen molar-refractivity contribution in [2.75, 3.05) is 0 Å². The SMILES string of the molecule is Cn1c2cc(/C=C/c3cc[n+](C)cc3)ccc2c2ccc(/C=C/c3cc[n+](C)cc3)cc21.[I-].[I-]. The molecule has 3 nitrogen and oxygen atoms in total. The zero-order valence-electron chi connectivity index (χ0n) is 19.5. The number of fused-ring (bicyclic) bond motifs is 3. The molecule has 0 aliphatic rings. The molecule has 0 amide bonds. The van der Waals surface area contributed by atoms with Gasteiger partial charge >= 0.3 is 0 Å². The topological polar surface area (TPSA) is 12.7 Å². The van der Waals surface area contributed by atoms with Crippen LogP contribution in [0.25, 0.3) is 46.1 Å². The predicted octanol–water partition coefficient (Wildman–Crippen LogP) is -0.671. The van der Waals surface area contributed by atoms with Gasteiger partial charge in [0.25, 0.3) is 0 Å². The summed E-state index contributed by atoms with van der Waals surface area (Å²) in [7, 11) is 6.22. The molecule has 5 heteroatoms. The van der Waals surface area contributed by atoms with E-state index in [1.807, 2.05) is 23.2 Å². The molecule has 2 aromatic carbocycles. The van der Waals surface area contributed by atoms with Crippen LogP contribution in [0.2, 0.25) is 0 Å². The fourth-order valence-corrected chi connectivity index (χ4v) is 4.08. The molecule has 0 atom stereocenters. The van der Waals surface area contributed by atoms with E-state index in [4.69, 9.17) is 0 Å². The Morgan fingerprint density at radius 2 is 0.882 bits per heavy atom. The van der Waals surface area contributed by atoms with Crippen LogP contribution in [0.3, 0.4) is 0 Å². The van der Waals surface area contributed by atoms with Crippen molar-refractivity contribution < 1.29 is 57.1 Å². The van der Waals surface area contributed by atoms with E-state index in [1.165, 1.54) is 44.1 Å². The number of benzene rings is 2. The second-order valence-corrected chi connectivity index (χ2v) is 8.37. The molecule has 172 valence electrons. The summed E-state index contributed by atoms with van der Waals surface area (Å²) in [5.41, 5.74) is 7.30. The lowest BCUT2D eigenvalue weighted by molar-refractivity contribution is -0.671. The summed E-state index contributed by atoms with van der Waals surface area (Å²) in [5.74, 6) is 0. The largest absolute Gasteiger partial charge is 1.00 e. The van der Waals surface area contributed by atoms with Crippen LogP contribution in [-0.2, 0) is 21.1 Å². The highest BCUT2D eigenvalue weighted by molar-refractivity contribution is 6.09. The Labute approximate surface area is 235 Å². The van der Waals surface area contributed by atoms with Gasteiger partial charge in [-0.3, -0.25) is 0 Å². The van der Waals surface area contributed by atoms with Crippen LogP contribution >= 0.6 is 0 Å². The van der Waals surface area contributed by atoms with Crippen molar-refractivity contribution in [1.82, 2.24) is 4.57 Å². The summed E-state index contributed by atoms with van der Waals surface area (Å²) in [6, 6.07) is 21.9. The molecule has 0 aliphatic carbocycles. The molecule has 3 aromatic heterocycles. The Kier molecular flexibility index (Phi) is 8.65. The normalized spacial score (nSPS) is 11.3. The fraction of sp³-hybridized carbons (Fsp3) is 0.103. The summed E-state index contributed by atoms with van der Waals surface area (Å²) in [6.07, 6.45) is 17.0. The second kappa shape index (κ2) is 11.3. The van der Waals surface area contributed by atoms with E-state index in [0.717, 1.165) is 0 Å². The van der Waals surface area contributed by atoms with Crippen molar-refractivity contribution in [3.63, 3.8) is 0 Å². The standard InChI is InChI=1S/C29H27N3.2HI/c1-30-16-12-22(13-17-30)4-6-24-8-10-26-27-11-9-25(21-29(27)32(3)28(26)20-24)7-5-23-14-18-31(2)19-15-23;;/h4-21H,1-3H3;2*1H/q+2;;/p-2. The van der Waals surface area contributed by atoms with Gasteiger partial charge in [-0.1, -0.05) is 48.6 Å². The van der Waals surface area contributed by atoms with Crippen LogP contribution < -0.4 is 57.1 Å². The molecule has 34 heavy (non-hydrogen) atoms. The average Bonchev–Trinajstić information content (AvgIpc) is 3.09. The molecule has 0 bridgehead atoms. The van der Waals surface area contributed by atoms with E-state index in [9.17, 15) is 0 Å². The molecule has 0 fully saturated rings. The number of hydrogen-bond donors (Lipinski definition) is 0. The first-order valence-corrected chi connectivity index (χ1v) is 10.9. The predicted molar refractivity (Wildman–Crippen MR) is 134 cm³/mol. The number of aryl methyl sites for hydroxylation is 3. The van der Waals surface area contributed by atoms with Crippen LogP contribution in [0.4, 0.5) is 0 Å². The quantitative estimate of drug-likeness (QED) is 0.178. The molecule has 0 unspecified atom stereocenters. The third kappa shape index (κ3) is 5.58. The number of halogens is 2. The Morgan fingerprint density at radius 1 is 0.529 bits per heavy atom. The zero-order valence-corrected chi connectivity index (χ0v) is 23.8.